The molecule has 2 aromatic carbocycles. The third-order valence-corrected chi connectivity index (χ3v) is 5.09. The van der Waals surface area contributed by atoms with Gasteiger partial charge in [-0.05, 0) is 18.2 Å². The molecule has 0 aliphatic rings. The van der Waals surface area contributed by atoms with Gasteiger partial charge in [0.1, 0.15) is 5.02 Å². The number of rotatable bonds is 4. The molecule has 132 valence electrons. The summed E-state index contributed by atoms with van der Waals surface area (Å²) in [5, 5.41) is 24.2. The average molecular weight is 458 g/mol. The van der Waals surface area contributed by atoms with Gasteiger partial charge in [-0.15, -0.1) is 0 Å². The second-order valence-electron chi connectivity index (χ2n) is 4.93. The van der Waals surface area contributed by atoms with Crippen LogP contribution in [0.4, 0.5) is 16.5 Å². The molecule has 0 atom stereocenters. The van der Waals surface area contributed by atoms with Gasteiger partial charge < -0.3 is 0 Å². The maximum atomic E-state index is 12.4. The molecule has 12 heteroatoms. The number of thiazole rings is 1. The maximum absolute atomic E-state index is 12.4. The quantitative estimate of drug-likeness (QED) is 0.443. The summed E-state index contributed by atoms with van der Waals surface area (Å²) >= 11 is 10.4. The summed E-state index contributed by atoms with van der Waals surface area (Å²) in [5.41, 5.74) is -1.07. The first kappa shape index (κ1) is 18.2. The molecular weight excluding hydrogens is 452 g/mol. The monoisotopic (exact) mass is 456 g/mol. The number of non-ortho nitro benzene ring substituents is 1. The number of carbonyl (C=O) groups is 1. The lowest BCUT2D eigenvalue weighted by Gasteiger charge is -2.05. The summed E-state index contributed by atoms with van der Waals surface area (Å²) < 4.78 is 1.63. The second-order valence-corrected chi connectivity index (χ2v) is 7.25. The number of hydrogen-bond acceptors (Lipinski definition) is 7. The van der Waals surface area contributed by atoms with Gasteiger partial charge in [-0.2, -0.15) is 0 Å². The number of halogens is 2. The molecule has 0 spiro atoms. The van der Waals surface area contributed by atoms with Crippen LogP contribution in [0.15, 0.2) is 34.8 Å². The van der Waals surface area contributed by atoms with Crippen molar-refractivity contribution in [3.63, 3.8) is 0 Å². The van der Waals surface area contributed by atoms with Gasteiger partial charge in [0.2, 0.25) is 0 Å². The van der Waals surface area contributed by atoms with Crippen LogP contribution in [0, 0.1) is 20.2 Å². The molecule has 0 radical (unpaired) electrons. The van der Waals surface area contributed by atoms with Crippen molar-refractivity contribution in [2.24, 2.45) is 0 Å². The molecule has 1 amide bonds. The highest BCUT2D eigenvalue weighted by atomic mass is 79.9. The lowest BCUT2D eigenvalue weighted by atomic mass is 10.1. The average Bonchev–Trinajstić information content (AvgIpc) is 2.95. The second kappa shape index (κ2) is 6.94. The highest BCUT2D eigenvalue weighted by molar-refractivity contribution is 9.10. The van der Waals surface area contributed by atoms with E-state index < -0.39 is 32.2 Å². The molecule has 3 rings (SSSR count). The summed E-state index contributed by atoms with van der Waals surface area (Å²) in [4.78, 5) is 36.9. The molecular formula is C14H6BrClN4O5S. The minimum Gasteiger partial charge on any atom is -0.298 e. The van der Waals surface area contributed by atoms with Crippen molar-refractivity contribution < 1.29 is 14.6 Å². The fourth-order valence-electron chi connectivity index (χ4n) is 2.11. The van der Waals surface area contributed by atoms with Crippen LogP contribution in [-0.2, 0) is 0 Å². The number of aromatic nitrogens is 1. The van der Waals surface area contributed by atoms with Crippen molar-refractivity contribution in [3.05, 3.63) is 65.6 Å². The highest BCUT2D eigenvalue weighted by Gasteiger charge is 2.26. The van der Waals surface area contributed by atoms with Crippen LogP contribution < -0.4 is 5.32 Å². The zero-order valence-corrected chi connectivity index (χ0v) is 15.6. The molecule has 1 aromatic heterocycles. The number of nitrogens with zero attached hydrogens (tertiary/aromatic N) is 3. The van der Waals surface area contributed by atoms with Gasteiger partial charge in [-0.25, -0.2) is 4.98 Å². The number of fused-ring (bicyclic) bond motifs is 1. The number of anilines is 1. The molecule has 0 saturated carbocycles. The fourth-order valence-corrected chi connectivity index (χ4v) is 3.79. The number of hydrogen-bond donors (Lipinski definition) is 1. The summed E-state index contributed by atoms with van der Waals surface area (Å²) in [5.74, 6) is -0.833. The summed E-state index contributed by atoms with van der Waals surface area (Å²) in [6.07, 6.45) is 0. The van der Waals surface area contributed by atoms with Gasteiger partial charge in [0.25, 0.3) is 17.3 Å². The molecule has 0 unspecified atom stereocenters. The molecule has 0 saturated heterocycles. The topological polar surface area (TPSA) is 128 Å². The Balaban J connectivity index is 2.00. The fraction of sp³-hybridized carbons (Fsp3) is 0. The largest absolute Gasteiger partial charge is 0.298 e. The van der Waals surface area contributed by atoms with Crippen LogP contribution >= 0.6 is 38.9 Å². The van der Waals surface area contributed by atoms with E-state index in [4.69, 9.17) is 11.6 Å². The van der Waals surface area contributed by atoms with E-state index in [9.17, 15) is 25.0 Å². The minimum atomic E-state index is -0.888. The normalized spacial score (nSPS) is 10.7. The SMILES string of the molecule is O=C(Nc1nc2ccc(Br)cc2s1)c1cc([N+](=O)[O-])cc([N+](=O)[O-])c1Cl. The Kier molecular flexibility index (Phi) is 4.85. The van der Waals surface area contributed by atoms with Crippen LogP contribution in [0.1, 0.15) is 10.4 Å². The summed E-state index contributed by atoms with van der Waals surface area (Å²) in [6.45, 7) is 0. The van der Waals surface area contributed by atoms with Crippen LogP contribution in [0.2, 0.25) is 5.02 Å². The van der Waals surface area contributed by atoms with Gasteiger partial charge in [0.15, 0.2) is 5.13 Å². The molecule has 1 N–H and O–H groups in total. The van der Waals surface area contributed by atoms with Crippen LogP contribution in [0.25, 0.3) is 10.2 Å². The smallest absolute Gasteiger partial charge is 0.295 e. The van der Waals surface area contributed by atoms with Gasteiger partial charge in [0.05, 0.1) is 31.7 Å². The standard InChI is InChI=1S/C14H6BrClN4O5S/c15-6-1-2-9-11(3-6)26-14(17-9)18-13(21)8-4-7(19(22)23)5-10(12(8)16)20(24)25/h1-5H,(H,17,18,21). The summed E-state index contributed by atoms with van der Waals surface area (Å²) in [6, 6.07) is 6.93. The number of nitro benzene ring substituents is 2. The molecule has 26 heavy (non-hydrogen) atoms. The van der Waals surface area contributed by atoms with Gasteiger partial charge in [0, 0.05) is 10.5 Å². The van der Waals surface area contributed by atoms with Gasteiger partial charge in [-0.1, -0.05) is 38.9 Å². The number of nitrogens with one attached hydrogen (secondary N) is 1. The first-order valence-corrected chi connectivity index (χ1v) is 8.75. The van der Waals surface area contributed by atoms with Crippen molar-refractivity contribution in [2.75, 3.05) is 5.32 Å². The van der Waals surface area contributed by atoms with Gasteiger partial charge in [-0.3, -0.25) is 30.3 Å². The zero-order valence-electron chi connectivity index (χ0n) is 12.4. The third kappa shape index (κ3) is 3.49. The molecule has 0 bridgehead atoms. The van der Waals surface area contributed by atoms with Crippen molar-refractivity contribution in [1.82, 2.24) is 4.98 Å². The van der Waals surface area contributed by atoms with E-state index in [-0.39, 0.29) is 10.7 Å². The number of amides is 1. The predicted molar refractivity (Wildman–Crippen MR) is 100 cm³/mol. The van der Waals surface area contributed by atoms with Crippen LogP contribution in [0.3, 0.4) is 0 Å². The van der Waals surface area contributed by atoms with Crippen molar-refractivity contribution in [3.8, 4) is 0 Å². The van der Waals surface area contributed by atoms with Crippen LogP contribution in [0.5, 0.6) is 0 Å². The Morgan fingerprint density at radius 2 is 1.92 bits per heavy atom. The van der Waals surface area contributed by atoms with E-state index >= 15 is 0 Å². The predicted octanol–water partition coefficient (Wildman–Crippen LogP) is 4.78. The first-order valence-electron chi connectivity index (χ1n) is 6.76. The van der Waals surface area contributed by atoms with Crippen molar-refractivity contribution >= 4 is 71.5 Å². The lowest BCUT2D eigenvalue weighted by Crippen LogP contribution is -2.13. The Bertz CT molecular complexity index is 1090. The Hall–Kier alpha value is -2.63. The lowest BCUT2D eigenvalue weighted by molar-refractivity contribution is -0.394. The number of nitro groups is 2. The summed E-state index contributed by atoms with van der Waals surface area (Å²) in [7, 11) is 0. The molecule has 0 fully saturated rings. The van der Waals surface area contributed by atoms with Crippen LogP contribution in [-0.4, -0.2) is 20.7 Å². The van der Waals surface area contributed by atoms with E-state index in [0.29, 0.717) is 11.6 Å². The number of carbonyl (C=O) groups excluding carboxylic acids is 1. The highest BCUT2D eigenvalue weighted by Crippen LogP contribution is 2.34. The van der Waals surface area contributed by atoms with E-state index in [1.54, 1.807) is 12.1 Å². The van der Waals surface area contributed by atoms with E-state index in [1.807, 2.05) is 6.07 Å². The molecule has 9 nitrogen and oxygen atoms in total. The minimum absolute atomic E-state index is 0.230. The van der Waals surface area contributed by atoms with Gasteiger partial charge >= 0.3 is 0 Å². The Labute approximate surface area is 162 Å². The first-order chi connectivity index (χ1) is 12.3. The number of benzene rings is 2. The molecule has 0 aliphatic heterocycles. The van der Waals surface area contributed by atoms with Crippen molar-refractivity contribution in [1.29, 1.82) is 0 Å². The van der Waals surface area contributed by atoms with E-state index in [2.05, 4.69) is 26.2 Å². The zero-order chi connectivity index (χ0) is 19.0. The molecule has 3 aromatic rings. The van der Waals surface area contributed by atoms with E-state index in [0.717, 1.165) is 15.2 Å². The van der Waals surface area contributed by atoms with E-state index in [1.165, 1.54) is 11.3 Å². The Morgan fingerprint density at radius 3 is 2.58 bits per heavy atom. The maximum Gasteiger partial charge on any atom is 0.295 e. The van der Waals surface area contributed by atoms with Crippen molar-refractivity contribution in [2.45, 2.75) is 0 Å². The molecule has 0 aliphatic carbocycles. The Morgan fingerprint density at radius 1 is 1.19 bits per heavy atom. The molecule has 1 heterocycles. The third-order valence-electron chi connectivity index (χ3n) is 3.26.